The fourth-order valence-electron chi connectivity index (χ4n) is 2.17. The maximum atomic E-state index is 4.51. The van der Waals surface area contributed by atoms with Gasteiger partial charge in [0.25, 0.3) is 0 Å². The molecule has 0 radical (unpaired) electrons. The van der Waals surface area contributed by atoms with Crippen molar-refractivity contribution < 1.29 is 0 Å². The average molecular weight is 283 g/mol. The number of hydrazine groups is 1. The smallest absolute Gasteiger partial charge is 0.185 e. The molecule has 19 heavy (non-hydrogen) atoms. The predicted octanol–water partition coefficient (Wildman–Crippen LogP) is 1.24. The summed E-state index contributed by atoms with van der Waals surface area (Å²) in [5.41, 5.74) is 3.51. The number of anilines is 1. The molecule has 1 N–H and O–H groups in total. The lowest BCUT2D eigenvalue weighted by molar-refractivity contribution is 0.102. The van der Waals surface area contributed by atoms with Crippen LogP contribution in [0.2, 0.25) is 0 Å². The molecule has 0 atom stereocenters. The summed E-state index contributed by atoms with van der Waals surface area (Å²) < 4.78 is 0. The highest BCUT2D eigenvalue weighted by Gasteiger charge is 2.14. The van der Waals surface area contributed by atoms with E-state index in [2.05, 4.69) is 46.1 Å². The first kappa shape index (κ1) is 14.7. The normalized spacial score (nSPS) is 17.8. The molecule has 1 aliphatic heterocycles. The van der Waals surface area contributed by atoms with Crippen LogP contribution >= 0.6 is 11.3 Å². The van der Waals surface area contributed by atoms with Gasteiger partial charge in [-0.1, -0.05) is 0 Å². The van der Waals surface area contributed by atoms with Crippen molar-refractivity contribution in [3.63, 3.8) is 0 Å². The molecule has 1 aromatic rings. The molecule has 2 heterocycles. The van der Waals surface area contributed by atoms with Gasteiger partial charge in [-0.15, -0.1) is 11.3 Å². The highest BCUT2D eigenvalue weighted by atomic mass is 32.1. The molecular formula is C13H25N5S. The highest BCUT2D eigenvalue weighted by Crippen LogP contribution is 2.22. The number of nitrogens with zero attached hydrogens (tertiary/aromatic N) is 4. The van der Waals surface area contributed by atoms with E-state index in [0.717, 1.165) is 50.9 Å². The molecule has 1 saturated heterocycles. The lowest BCUT2D eigenvalue weighted by atomic mass is 10.4. The first-order valence-electron chi connectivity index (χ1n) is 7.09. The van der Waals surface area contributed by atoms with Crippen molar-refractivity contribution >= 4 is 16.5 Å². The number of hydrogen-bond acceptors (Lipinski definition) is 6. The van der Waals surface area contributed by atoms with Crippen molar-refractivity contribution in [3.8, 4) is 0 Å². The molecule has 1 aliphatic rings. The van der Waals surface area contributed by atoms with E-state index in [9.17, 15) is 0 Å². The Hall–Kier alpha value is -0.690. The number of piperazine rings is 1. The van der Waals surface area contributed by atoms with Crippen LogP contribution in [-0.4, -0.2) is 61.2 Å². The van der Waals surface area contributed by atoms with Gasteiger partial charge in [0.05, 0.1) is 0 Å². The van der Waals surface area contributed by atoms with E-state index in [0.29, 0.717) is 0 Å². The van der Waals surface area contributed by atoms with Gasteiger partial charge in [-0.2, -0.15) is 0 Å². The van der Waals surface area contributed by atoms with Crippen LogP contribution in [-0.2, 0) is 6.54 Å². The summed E-state index contributed by atoms with van der Waals surface area (Å²) in [5.74, 6) is 0. The molecule has 1 aromatic heterocycles. The molecule has 108 valence electrons. The van der Waals surface area contributed by atoms with E-state index in [1.807, 2.05) is 6.20 Å². The minimum Gasteiger partial charge on any atom is -0.349 e. The van der Waals surface area contributed by atoms with E-state index in [-0.39, 0.29) is 0 Å². The van der Waals surface area contributed by atoms with Crippen molar-refractivity contribution in [2.45, 2.75) is 20.4 Å². The maximum Gasteiger partial charge on any atom is 0.185 e. The zero-order valence-corrected chi connectivity index (χ0v) is 13.0. The Balaban J connectivity index is 1.80. The van der Waals surface area contributed by atoms with Gasteiger partial charge in [0.1, 0.15) is 0 Å². The van der Waals surface area contributed by atoms with Crippen molar-refractivity contribution in [3.05, 3.63) is 11.1 Å². The summed E-state index contributed by atoms with van der Waals surface area (Å²) in [7, 11) is 2.18. The average Bonchev–Trinajstić information content (AvgIpc) is 2.88. The van der Waals surface area contributed by atoms with Crippen LogP contribution in [0.15, 0.2) is 6.20 Å². The highest BCUT2D eigenvalue weighted by molar-refractivity contribution is 7.15. The molecule has 6 heteroatoms. The zero-order valence-electron chi connectivity index (χ0n) is 12.2. The molecule has 0 amide bonds. The number of aromatic nitrogens is 1. The molecule has 5 nitrogen and oxygen atoms in total. The standard InChI is InChI=1S/C13H25N5S/c1-4-17(5-2)13-14-10-12(19-13)11-15-18-8-6-16(3)7-9-18/h10,15H,4-9,11H2,1-3H3. The van der Waals surface area contributed by atoms with Crippen LogP contribution in [0.3, 0.4) is 0 Å². The molecule has 0 unspecified atom stereocenters. The molecule has 2 rings (SSSR count). The fourth-order valence-corrected chi connectivity index (χ4v) is 3.14. The van der Waals surface area contributed by atoms with E-state index >= 15 is 0 Å². The van der Waals surface area contributed by atoms with Gasteiger partial charge >= 0.3 is 0 Å². The molecule has 0 aromatic carbocycles. The summed E-state index contributed by atoms with van der Waals surface area (Å²) >= 11 is 1.79. The van der Waals surface area contributed by atoms with Gasteiger partial charge in [0.15, 0.2) is 5.13 Å². The lowest BCUT2D eigenvalue weighted by Gasteiger charge is -2.32. The summed E-state index contributed by atoms with van der Waals surface area (Å²) in [6, 6.07) is 0. The summed E-state index contributed by atoms with van der Waals surface area (Å²) in [5, 5.41) is 3.46. The second-order valence-electron chi connectivity index (χ2n) is 4.91. The quantitative estimate of drug-likeness (QED) is 0.850. The van der Waals surface area contributed by atoms with E-state index in [1.54, 1.807) is 11.3 Å². The monoisotopic (exact) mass is 283 g/mol. The van der Waals surface area contributed by atoms with Gasteiger partial charge in [-0.25, -0.2) is 15.4 Å². The Morgan fingerprint density at radius 3 is 2.58 bits per heavy atom. The third-order valence-corrected chi connectivity index (χ3v) is 4.61. The minimum atomic E-state index is 0.892. The fraction of sp³-hybridized carbons (Fsp3) is 0.769. The molecule has 0 saturated carbocycles. The SMILES string of the molecule is CCN(CC)c1ncc(CNN2CCN(C)CC2)s1. The van der Waals surface area contributed by atoms with Crippen LogP contribution in [0.1, 0.15) is 18.7 Å². The second-order valence-corrected chi connectivity index (χ2v) is 6.00. The number of likely N-dealkylation sites (N-methyl/N-ethyl adjacent to an activating group) is 1. The number of thiazole rings is 1. The Labute approximate surface area is 120 Å². The topological polar surface area (TPSA) is 34.6 Å². The zero-order chi connectivity index (χ0) is 13.7. The van der Waals surface area contributed by atoms with E-state index < -0.39 is 0 Å². The van der Waals surface area contributed by atoms with E-state index in [4.69, 9.17) is 0 Å². The summed E-state index contributed by atoms with van der Waals surface area (Å²) in [6.45, 7) is 11.8. The summed E-state index contributed by atoms with van der Waals surface area (Å²) in [6.07, 6.45) is 2.00. The van der Waals surface area contributed by atoms with Crippen LogP contribution < -0.4 is 10.3 Å². The molecule has 0 bridgehead atoms. The third-order valence-electron chi connectivity index (χ3n) is 3.56. The van der Waals surface area contributed by atoms with Crippen molar-refractivity contribution in [2.75, 3.05) is 51.2 Å². The van der Waals surface area contributed by atoms with Crippen molar-refractivity contribution in [1.82, 2.24) is 20.3 Å². The Kier molecular flexibility index (Phi) is 5.57. The molecule has 0 spiro atoms. The number of nitrogens with one attached hydrogen (secondary N) is 1. The molecule has 1 fully saturated rings. The number of rotatable bonds is 6. The minimum absolute atomic E-state index is 0.892. The van der Waals surface area contributed by atoms with Gasteiger partial charge in [-0.05, 0) is 20.9 Å². The number of hydrogen-bond donors (Lipinski definition) is 1. The Morgan fingerprint density at radius 2 is 1.95 bits per heavy atom. The van der Waals surface area contributed by atoms with Crippen LogP contribution in [0.5, 0.6) is 0 Å². The van der Waals surface area contributed by atoms with Gasteiger partial charge in [0.2, 0.25) is 0 Å². The van der Waals surface area contributed by atoms with Crippen LogP contribution in [0, 0.1) is 0 Å². The Morgan fingerprint density at radius 1 is 1.26 bits per heavy atom. The largest absolute Gasteiger partial charge is 0.349 e. The van der Waals surface area contributed by atoms with Crippen LogP contribution in [0.4, 0.5) is 5.13 Å². The van der Waals surface area contributed by atoms with Crippen molar-refractivity contribution in [2.24, 2.45) is 0 Å². The summed E-state index contributed by atoms with van der Waals surface area (Å²) in [4.78, 5) is 10.5. The van der Waals surface area contributed by atoms with Crippen LogP contribution in [0.25, 0.3) is 0 Å². The van der Waals surface area contributed by atoms with Gasteiger partial charge in [-0.3, -0.25) is 0 Å². The first-order chi connectivity index (χ1) is 9.22. The van der Waals surface area contributed by atoms with Gasteiger partial charge in [0, 0.05) is 56.9 Å². The first-order valence-corrected chi connectivity index (χ1v) is 7.91. The van der Waals surface area contributed by atoms with Crippen molar-refractivity contribution in [1.29, 1.82) is 0 Å². The van der Waals surface area contributed by atoms with Gasteiger partial charge < -0.3 is 9.80 Å². The second kappa shape index (κ2) is 7.19. The molecule has 0 aliphatic carbocycles. The van der Waals surface area contributed by atoms with E-state index in [1.165, 1.54) is 4.88 Å². The maximum absolute atomic E-state index is 4.51. The Bertz CT molecular complexity index is 369. The molecular weight excluding hydrogens is 258 g/mol. The predicted molar refractivity (Wildman–Crippen MR) is 81.6 cm³/mol. The third kappa shape index (κ3) is 4.14. The lowest BCUT2D eigenvalue weighted by Crippen LogP contribution is -2.50.